The van der Waals surface area contributed by atoms with E-state index in [2.05, 4.69) is 32.6 Å². The van der Waals surface area contributed by atoms with E-state index < -0.39 is 0 Å². The van der Waals surface area contributed by atoms with Gasteiger partial charge in [-0.3, -0.25) is 0 Å². The van der Waals surface area contributed by atoms with Crippen molar-refractivity contribution in [1.82, 2.24) is 4.90 Å². The molecule has 0 saturated carbocycles. The predicted molar refractivity (Wildman–Crippen MR) is 55.7 cm³/mol. The van der Waals surface area contributed by atoms with E-state index in [1.807, 2.05) is 0 Å². The Labute approximate surface area is 81.9 Å². The quantitative estimate of drug-likeness (QED) is 0.724. The van der Waals surface area contributed by atoms with Crippen molar-refractivity contribution in [3.05, 3.63) is 0 Å². The van der Waals surface area contributed by atoms with Gasteiger partial charge in [-0.05, 0) is 32.7 Å². The maximum absolute atomic E-state index is 9.46. The summed E-state index contributed by atoms with van der Waals surface area (Å²) in [5, 5.41) is 9.46. The molecule has 0 radical (unpaired) electrons. The van der Waals surface area contributed by atoms with Gasteiger partial charge in [-0.1, -0.05) is 13.8 Å². The first-order valence-electron chi connectivity index (χ1n) is 5.37. The highest BCUT2D eigenvalue weighted by Crippen LogP contribution is 2.37. The number of hydrogen-bond acceptors (Lipinski definition) is 2. The van der Waals surface area contributed by atoms with Gasteiger partial charge >= 0.3 is 0 Å². The number of nitrogens with zero attached hydrogens (tertiary/aromatic N) is 1. The van der Waals surface area contributed by atoms with Crippen LogP contribution in [0.25, 0.3) is 0 Å². The third kappa shape index (κ3) is 2.05. The van der Waals surface area contributed by atoms with Crippen LogP contribution in [0.1, 0.15) is 34.1 Å². The van der Waals surface area contributed by atoms with Gasteiger partial charge in [0.15, 0.2) is 0 Å². The molecule has 2 nitrogen and oxygen atoms in total. The molecule has 1 saturated heterocycles. The average Bonchev–Trinajstić information content (AvgIpc) is 2.49. The molecule has 13 heavy (non-hydrogen) atoms. The Morgan fingerprint density at radius 2 is 1.92 bits per heavy atom. The largest absolute Gasteiger partial charge is 0.396 e. The van der Waals surface area contributed by atoms with Crippen molar-refractivity contribution in [1.29, 1.82) is 0 Å². The highest BCUT2D eigenvalue weighted by Gasteiger charge is 2.40. The summed E-state index contributed by atoms with van der Waals surface area (Å²) in [6.07, 6.45) is 1.15. The predicted octanol–water partition coefficient (Wildman–Crippen LogP) is 1.74. The van der Waals surface area contributed by atoms with Gasteiger partial charge in [0.05, 0.1) is 6.61 Å². The van der Waals surface area contributed by atoms with Gasteiger partial charge < -0.3 is 10.0 Å². The molecule has 0 amide bonds. The molecule has 0 aliphatic carbocycles. The van der Waals surface area contributed by atoms with Crippen LogP contribution in [0.3, 0.4) is 0 Å². The second kappa shape index (κ2) is 3.97. The van der Waals surface area contributed by atoms with Crippen molar-refractivity contribution < 1.29 is 5.11 Å². The first-order valence-corrected chi connectivity index (χ1v) is 5.37. The van der Waals surface area contributed by atoms with Crippen LogP contribution in [-0.2, 0) is 0 Å². The molecule has 78 valence electrons. The lowest BCUT2D eigenvalue weighted by Crippen LogP contribution is -2.37. The number of aliphatic hydroxyl groups is 1. The Morgan fingerprint density at radius 3 is 2.15 bits per heavy atom. The van der Waals surface area contributed by atoms with Crippen LogP contribution in [0.2, 0.25) is 0 Å². The lowest BCUT2D eigenvalue weighted by atomic mass is 9.77. The Morgan fingerprint density at radius 1 is 1.31 bits per heavy atom. The van der Waals surface area contributed by atoms with E-state index in [1.165, 1.54) is 0 Å². The summed E-state index contributed by atoms with van der Waals surface area (Å²) < 4.78 is 0. The molecule has 1 fully saturated rings. The van der Waals surface area contributed by atoms with E-state index in [9.17, 15) is 5.11 Å². The highest BCUT2D eigenvalue weighted by molar-refractivity contribution is 4.92. The summed E-state index contributed by atoms with van der Waals surface area (Å²) in [5.41, 5.74) is 0.171. The Balaban J connectivity index is 2.63. The van der Waals surface area contributed by atoms with E-state index in [0.717, 1.165) is 19.5 Å². The molecule has 1 N–H and O–H groups in total. The van der Waals surface area contributed by atoms with Gasteiger partial charge in [0.2, 0.25) is 0 Å². The van der Waals surface area contributed by atoms with Crippen LogP contribution in [0.5, 0.6) is 0 Å². The van der Waals surface area contributed by atoms with Crippen molar-refractivity contribution in [2.75, 3.05) is 19.7 Å². The molecule has 0 spiro atoms. The molecule has 1 heterocycles. The van der Waals surface area contributed by atoms with Gasteiger partial charge in [0.1, 0.15) is 0 Å². The lowest BCUT2D eigenvalue weighted by molar-refractivity contribution is 0.0787. The van der Waals surface area contributed by atoms with Crippen LogP contribution < -0.4 is 0 Å². The number of hydrogen-bond donors (Lipinski definition) is 1. The minimum Gasteiger partial charge on any atom is -0.396 e. The molecule has 0 aromatic rings. The fourth-order valence-electron chi connectivity index (χ4n) is 2.15. The maximum Gasteiger partial charge on any atom is 0.0502 e. The minimum absolute atomic E-state index is 0.171. The monoisotopic (exact) mass is 185 g/mol. The lowest BCUT2D eigenvalue weighted by Gasteiger charge is -2.32. The van der Waals surface area contributed by atoms with E-state index >= 15 is 0 Å². The fraction of sp³-hybridized carbons (Fsp3) is 1.00. The summed E-state index contributed by atoms with van der Waals surface area (Å²) >= 11 is 0. The number of likely N-dealkylation sites (tertiary alicyclic amines) is 1. The smallest absolute Gasteiger partial charge is 0.0502 e. The maximum atomic E-state index is 9.46. The molecule has 0 aromatic heterocycles. The fourth-order valence-corrected chi connectivity index (χ4v) is 2.15. The molecular formula is C11H23NO. The summed E-state index contributed by atoms with van der Waals surface area (Å²) in [6, 6.07) is 0.618. The molecule has 1 aliphatic heterocycles. The molecule has 1 aliphatic rings. The standard InChI is InChI=1S/C11H23NO/c1-9(2)11(8-13)5-6-12(7-11)10(3)4/h9-10,13H,5-8H2,1-4H3. The summed E-state index contributed by atoms with van der Waals surface area (Å²) in [4.78, 5) is 2.47. The molecule has 0 aromatic carbocycles. The summed E-state index contributed by atoms with van der Waals surface area (Å²) in [6.45, 7) is 11.5. The number of aliphatic hydroxyl groups excluding tert-OH is 1. The van der Waals surface area contributed by atoms with Gasteiger partial charge in [0, 0.05) is 18.0 Å². The Kier molecular flexibility index (Phi) is 3.36. The second-order valence-electron chi connectivity index (χ2n) is 4.99. The zero-order chi connectivity index (χ0) is 10.1. The average molecular weight is 185 g/mol. The van der Waals surface area contributed by atoms with Gasteiger partial charge in [-0.2, -0.15) is 0 Å². The molecule has 0 bridgehead atoms. The molecule has 2 heteroatoms. The first-order chi connectivity index (χ1) is 6.02. The van der Waals surface area contributed by atoms with Crippen LogP contribution in [0, 0.1) is 11.3 Å². The van der Waals surface area contributed by atoms with Crippen LogP contribution in [0.4, 0.5) is 0 Å². The molecular weight excluding hydrogens is 162 g/mol. The van der Waals surface area contributed by atoms with Crippen molar-refractivity contribution >= 4 is 0 Å². The topological polar surface area (TPSA) is 23.5 Å². The van der Waals surface area contributed by atoms with Crippen molar-refractivity contribution in [2.45, 2.75) is 40.2 Å². The molecule has 1 unspecified atom stereocenters. The van der Waals surface area contributed by atoms with E-state index in [1.54, 1.807) is 0 Å². The molecule has 1 atom stereocenters. The minimum atomic E-state index is 0.171. The van der Waals surface area contributed by atoms with Gasteiger partial charge in [-0.25, -0.2) is 0 Å². The Hall–Kier alpha value is -0.0800. The number of rotatable bonds is 3. The molecule has 1 rings (SSSR count). The van der Waals surface area contributed by atoms with Gasteiger partial charge in [0.25, 0.3) is 0 Å². The second-order valence-corrected chi connectivity index (χ2v) is 4.99. The first kappa shape index (κ1) is 11.0. The summed E-state index contributed by atoms with van der Waals surface area (Å²) in [5.74, 6) is 0.584. The van der Waals surface area contributed by atoms with Gasteiger partial charge in [-0.15, -0.1) is 0 Å². The Bertz CT molecular complexity index is 167. The van der Waals surface area contributed by atoms with Crippen molar-refractivity contribution in [2.24, 2.45) is 11.3 Å². The normalized spacial score (nSPS) is 30.7. The van der Waals surface area contributed by atoms with E-state index in [-0.39, 0.29) is 5.41 Å². The van der Waals surface area contributed by atoms with Crippen LogP contribution >= 0.6 is 0 Å². The van der Waals surface area contributed by atoms with Crippen molar-refractivity contribution in [3.8, 4) is 0 Å². The zero-order valence-corrected chi connectivity index (χ0v) is 9.38. The highest BCUT2D eigenvalue weighted by atomic mass is 16.3. The van der Waals surface area contributed by atoms with E-state index in [4.69, 9.17) is 0 Å². The third-order valence-electron chi connectivity index (χ3n) is 3.68. The van der Waals surface area contributed by atoms with Crippen molar-refractivity contribution in [3.63, 3.8) is 0 Å². The SMILES string of the molecule is CC(C)N1CCC(CO)(C(C)C)C1. The zero-order valence-electron chi connectivity index (χ0n) is 9.38. The van der Waals surface area contributed by atoms with E-state index in [0.29, 0.717) is 18.6 Å². The van der Waals surface area contributed by atoms with Crippen LogP contribution in [-0.4, -0.2) is 35.7 Å². The van der Waals surface area contributed by atoms with Crippen LogP contribution in [0.15, 0.2) is 0 Å². The summed E-state index contributed by atoms with van der Waals surface area (Å²) in [7, 11) is 0. The third-order valence-corrected chi connectivity index (χ3v) is 3.68.